The van der Waals surface area contributed by atoms with E-state index in [1.807, 2.05) is 18.2 Å². The number of hydrogen-bond acceptors (Lipinski definition) is 2. The third kappa shape index (κ3) is 4.17. The van der Waals surface area contributed by atoms with Gasteiger partial charge in [-0.3, -0.25) is 0 Å². The van der Waals surface area contributed by atoms with Crippen LogP contribution in [-0.4, -0.2) is 0 Å². The number of aryl methyl sites for hydroxylation is 2. The van der Waals surface area contributed by atoms with Crippen LogP contribution in [0.3, 0.4) is 0 Å². The van der Waals surface area contributed by atoms with Crippen LogP contribution in [0.4, 0.5) is 5.69 Å². The van der Waals surface area contributed by atoms with Crippen LogP contribution in [0.2, 0.25) is 0 Å². The van der Waals surface area contributed by atoms with Gasteiger partial charge in [0.1, 0.15) is 12.4 Å². The van der Waals surface area contributed by atoms with Crippen LogP contribution >= 0.6 is 0 Å². The molecule has 0 aliphatic carbocycles. The fourth-order valence-electron chi connectivity index (χ4n) is 2.60. The molecule has 0 saturated heterocycles. The number of ether oxygens (including phenoxy) is 1. The topological polar surface area (TPSA) is 21.3 Å². The van der Waals surface area contributed by atoms with Gasteiger partial charge >= 0.3 is 0 Å². The fourth-order valence-corrected chi connectivity index (χ4v) is 2.60. The van der Waals surface area contributed by atoms with Crippen molar-refractivity contribution in [2.75, 3.05) is 5.32 Å². The molecule has 2 heteroatoms. The Hall–Kier alpha value is -2.74. The molecule has 0 spiro atoms. The van der Waals surface area contributed by atoms with Gasteiger partial charge in [0.2, 0.25) is 0 Å². The fraction of sp³-hybridized carbons (Fsp3) is 0.182. The van der Waals surface area contributed by atoms with E-state index in [1.54, 1.807) is 0 Å². The van der Waals surface area contributed by atoms with E-state index in [9.17, 15) is 0 Å². The summed E-state index contributed by atoms with van der Waals surface area (Å²) >= 11 is 0. The van der Waals surface area contributed by atoms with Crippen molar-refractivity contribution in [3.63, 3.8) is 0 Å². The van der Waals surface area contributed by atoms with Crippen LogP contribution in [0, 0.1) is 13.8 Å². The monoisotopic (exact) mass is 317 g/mol. The Morgan fingerprint density at radius 3 is 2.29 bits per heavy atom. The Labute approximate surface area is 144 Å². The van der Waals surface area contributed by atoms with Gasteiger partial charge in [-0.2, -0.15) is 0 Å². The Balaban J connectivity index is 1.66. The number of para-hydroxylation sites is 2. The van der Waals surface area contributed by atoms with Crippen LogP contribution in [0.15, 0.2) is 72.8 Å². The summed E-state index contributed by atoms with van der Waals surface area (Å²) < 4.78 is 6.04. The molecule has 3 aromatic carbocycles. The van der Waals surface area contributed by atoms with E-state index in [0.717, 1.165) is 23.5 Å². The normalized spacial score (nSPS) is 10.4. The van der Waals surface area contributed by atoms with Crippen molar-refractivity contribution >= 4 is 5.69 Å². The summed E-state index contributed by atoms with van der Waals surface area (Å²) in [6.07, 6.45) is 0. The molecule has 0 heterocycles. The third-order valence-electron chi connectivity index (χ3n) is 4.10. The minimum atomic E-state index is 0.585. The zero-order valence-corrected chi connectivity index (χ0v) is 14.3. The molecule has 0 fully saturated rings. The molecule has 24 heavy (non-hydrogen) atoms. The quantitative estimate of drug-likeness (QED) is 0.648. The first-order chi connectivity index (χ1) is 11.7. The van der Waals surface area contributed by atoms with E-state index in [2.05, 4.69) is 73.8 Å². The predicted molar refractivity (Wildman–Crippen MR) is 100 cm³/mol. The van der Waals surface area contributed by atoms with E-state index < -0.39 is 0 Å². The molecular formula is C22H23NO. The van der Waals surface area contributed by atoms with Gasteiger partial charge in [-0.25, -0.2) is 0 Å². The van der Waals surface area contributed by atoms with Crippen LogP contribution in [-0.2, 0) is 13.2 Å². The highest BCUT2D eigenvalue weighted by molar-refractivity contribution is 5.51. The molecule has 1 N–H and O–H groups in total. The zero-order valence-electron chi connectivity index (χ0n) is 14.3. The summed E-state index contributed by atoms with van der Waals surface area (Å²) in [6.45, 7) is 5.54. The lowest BCUT2D eigenvalue weighted by molar-refractivity contribution is 0.303. The lowest BCUT2D eigenvalue weighted by Crippen LogP contribution is -2.04. The Morgan fingerprint density at radius 2 is 1.50 bits per heavy atom. The van der Waals surface area contributed by atoms with Crippen molar-refractivity contribution in [2.45, 2.75) is 27.0 Å². The van der Waals surface area contributed by atoms with E-state index in [4.69, 9.17) is 4.74 Å². The summed E-state index contributed by atoms with van der Waals surface area (Å²) in [6, 6.07) is 25.0. The van der Waals surface area contributed by atoms with Gasteiger partial charge in [-0.1, -0.05) is 66.2 Å². The van der Waals surface area contributed by atoms with E-state index in [1.165, 1.54) is 16.7 Å². The average molecular weight is 317 g/mol. The van der Waals surface area contributed by atoms with Crippen molar-refractivity contribution in [1.82, 2.24) is 0 Å². The maximum Gasteiger partial charge on any atom is 0.124 e. The van der Waals surface area contributed by atoms with E-state index in [-0.39, 0.29) is 0 Å². The molecule has 0 radical (unpaired) electrons. The van der Waals surface area contributed by atoms with Crippen molar-refractivity contribution < 1.29 is 4.74 Å². The number of nitrogens with one attached hydrogen (secondary N) is 1. The van der Waals surface area contributed by atoms with Gasteiger partial charge in [0.05, 0.1) is 0 Å². The van der Waals surface area contributed by atoms with Gasteiger partial charge in [-0.15, -0.1) is 0 Å². The summed E-state index contributed by atoms with van der Waals surface area (Å²) in [5.41, 5.74) is 6.01. The second-order valence-electron chi connectivity index (χ2n) is 6.05. The number of hydrogen-bond donors (Lipinski definition) is 1. The summed E-state index contributed by atoms with van der Waals surface area (Å²) in [5, 5.41) is 3.50. The SMILES string of the molecule is Cc1ccc(COc2ccccc2CNc2ccccc2C)cc1. The van der Waals surface area contributed by atoms with Crippen LogP contribution in [0.1, 0.15) is 22.3 Å². The molecule has 0 bridgehead atoms. The number of anilines is 1. The molecule has 0 atom stereocenters. The largest absolute Gasteiger partial charge is 0.489 e. The summed E-state index contributed by atoms with van der Waals surface area (Å²) in [7, 11) is 0. The van der Waals surface area contributed by atoms with Gasteiger partial charge in [0.15, 0.2) is 0 Å². The maximum atomic E-state index is 6.04. The zero-order chi connectivity index (χ0) is 16.8. The minimum Gasteiger partial charge on any atom is -0.489 e. The number of rotatable bonds is 6. The lowest BCUT2D eigenvalue weighted by Gasteiger charge is -2.14. The highest BCUT2D eigenvalue weighted by atomic mass is 16.5. The van der Waals surface area contributed by atoms with Gasteiger partial charge in [-0.05, 0) is 37.1 Å². The maximum absolute atomic E-state index is 6.04. The molecular weight excluding hydrogens is 294 g/mol. The molecule has 0 aliphatic rings. The predicted octanol–water partition coefficient (Wildman–Crippen LogP) is 5.49. The van der Waals surface area contributed by atoms with E-state index in [0.29, 0.717) is 6.61 Å². The molecule has 2 nitrogen and oxygen atoms in total. The molecule has 3 aromatic rings. The van der Waals surface area contributed by atoms with Crippen molar-refractivity contribution in [3.8, 4) is 5.75 Å². The highest BCUT2D eigenvalue weighted by Crippen LogP contribution is 2.22. The molecule has 3 rings (SSSR count). The summed E-state index contributed by atoms with van der Waals surface area (Å²) in [4.78, 5) is 0. The molecule has 0 aliphatic heterocycles. The van der Waals surface area contributed by atoms with Crippen molar-refractivity contribution in [2.24, 2.45) is 0 Å². The Kier molecular flexibility index (Phi) is 5.17. The molecule has 0 unspecified atom stereocenters. The second kappa shape index (κ2) is 7.69. The minimum absolute atomic E-state index is 0.585. The Bertz CT molecular complexity index is 793. The average Bonchev–Trinajstić information content (AvgIpc) is 2.61. The van der Waals surface area contributed by atoms with Gasteiger partial charge < -0.3 is 10.1 Å². The smallest absolute Gasteiger partial charge is 0.124 e. The molecule has 0 amide bonds. The Morgan fingerprint density at radius 1 is 0.792 bits per heavy atom. The highest BCUT2D eigenvalue weighted by Gasteiger charge is 2.04. The van der Waals surface area contributed by atoms with Gasteiger partial charge in [0.25, 0.3) is 0 Å². The van der Waals surface area contributed by atoms with Gasteiger partial charge in [0, 0.05) is 17.8 Å². The first-order valence-corrected chi connectivity index (χ1v) is 8.28. The lowest BCUT2D eigenvalue weighted by atomic mass is 10.1. The molecule has 0 aromatic heterocycles. The standard InChI is InChI=1S/C22H23NO/c1-17-11-13-19(14-12-17)16-24-22-10-6-4-8-20(22)15-23-21-9-5-3-7-18(21)2/h3-14,23H,15-16H2,1-2H3. The van der Waals surface area contributed by atoms with Crippen LogP contribution < -0.4 is 10.1 Å². The van der Waals surface area contributed by atoms with Crippen molar-refractivity contribution in [3.05, 3.63) is 95.1 Å². The molecule has 0 saturated carbocycles. The number of benzene rings is 3. The first-order valence-electron chi connectivity index (χ1n) is 8.28. The third-order valence-corrected chi connectivity index (χ3v) is 4.10. The van der Waals surface area contributed by atoms with Crippen LogP contribution in [0.25, 0.3) is 0 Å². The molecule has 122 valence electrons. The summed E-state index contributed by atoms with van der Waals surface area (Å²) in [5.74, 6) is 0.930. The van der Waals surface area contributed by atoms with Crippen LogP contribution in [0.5, 0.6) is 5.75 Å². The first kappa shape index (κ1) is 16.1. The van der Waals surface area contributed by atoms with E-state index >= 15 is 0 Å². The van der Waals surface area contributed by atoms with Crippen molar-refractivity contribution in [1.29, 1.82) is 0 Å². The second-order valence-corrected chi connectivity index (χ2v) is 6.05.